The van der Waals surface area contributed by atoms with E-state index in [1.54, 1.807) is 11.8 Å². The van der Waals surface area contributed by atoms with Crippen molar-refractivity contribution in [3.63, 3.8) is 0 Å². The molecule has 0 saturated carbocycles. The van der Waals surface area contributed by atoms with E-state index in [0.717, 1.165) is 18.6 Å². The van der Waals surface area contributed by atoms with Crippen molar-refractivity contribution in [2.45, 2.75) is 30.1 Å². The molecule has 0 bridgehead atoms. The van der Waals surface area contributed by atoms with Gasteiger partial charge in [0.2, 0.25) is 0 Å². The summed E-state index contributed by atoms with van der Waals surface area (Å²) in [5.41, 5.74) is 0.180. The maximum absolute atomic E-state index is 6.02. The molecule has 0 heterocycles. The zero-order valence-electron chi connectivity index (χ0n) is 10.6. The number of benzene rings is 2. The third kappa shape index (κ3) is 4.11. The second kappa shape index (κ2) is 7.12. The average molecular weight is 258 g/mol. The Morgan fingerprint density at radius 1 is 0.944 bits per heavy atom. The van der Waals surface area contributed by atoms with Gasteiger partial charge in [0.25, 0.3) is 0 Å². The molecule has 0 N–H and O–H groups in total. The number of rotatable bonds is 6. The van der Waals surface area contributed by atoms with Gasteiger partial charge in [0.05, 0.1) is 0 Å². The maximum atomic E-state index is 6.02. The molecular formula is C16H18OS. The molecule has 18 heavy (non-hydrogen) atoms. The van der Waals surface area contributed by atoms with Crippen molar-refractivity contribution < 1.29 is 4.74 Å². The minimum absolute atomic E-state index is 0.180. The molecule has 1 nitrogen and oxygen atoms in total. The Morgan fingerprint density at radius 3 is 2.17 bits per heavy atom. The molecule has 0 radical (unpaired) electrons. The Morgan fingerprint density at radius 2 is 1.56 bits per heavy atom. The highest BCUT2D eigenvalue weighted by atomic mass is 32.2. The van der Waals surface area contributed by atoms with Crippen LogP contribution in [-0.2, 0) is 0 Å². The largest absolute Gasteiger partial charge is 0.479 e. The molecule has 2 aromatic carbocycles. The molecule has 0 amide bonds. The van der Waals surface area contributed by atoms with Crippen LogP contribution in [0, 0.1) is 0 Å². The van der Waals surface area contributed by atoms with E-state index in [9.17, 15) is 0 Å². The summed E-state index contributed by atoms with van der Waals surface area (Å²) in [4.78, 5) is 1.26. The first kappa shape index (κ1) is 13.0. The van der Waals surface area contributed by atoms with Gasteiger partial charge in [0.1, 0.15) is 11.2 Å². The minimum Gasteiger partial charge on any atom is -0.479 e. The van der Waals surface area contributed by atoms with Crippen LogP contribution in [0.15, 0.2) is 65.6 Å². The molecule has 94 valence electrons. The summed E-state index contributed by atoms with van der Waals surface area (Å²) in [6, 6.07) is 20.5. The highest BCUT2D eigenvalue weighted by molar-refractivity contribution is 7.99. The Labute approximate surface area is 113 Å². The highest BCUT2D eigenvalue weighted by Crippen LogP contribution is 2.28. The molecule has 1 atom stereocenters. The van der Waals surface area contributed by atoms with E-state index in [2.05, 4.69) is 31.2 Å². The molecule has 0 fully saturated rings. The quantitative estimate of drug-likeness (QED) is 0.533. The predicted octanol–water partition coefficient (Wildman–Crippen LogP) is 4.98. The van der Waals surface area contributed by atoms with Crippen LogP contribution < -0.4 is 4.74 Å². The summed E-state index contributed by atoms with van der Waals surface area (Å²) in [5.74, 6) is 0.944. The van der Waals surface area contributed by atoms with Gasteiger partial charge < -0.3 is 4.74 Å². The molecule has 1 unspecified atom stereocenters. The molecule has 0 spiro atoms. The van der Waals surface area contributed by atoms with Gasteiger partial charge in [-0.05, 0) is 30.7 Å². The normalized spacial score (nSPS) is 12.1. The van der Waals surface area contributed by atoms with E-state index in [4.69, 9.17) is 4.74 Å². The van der Waals surface area contributed by atoms with Gasteiger partial charge >= 0.3 is 0 Å². The molecule has 2 heteroatoms. The predicted molar refractivity (Wildman–Crippen MR) is 78.1 cm³/mol. The van der Waals surface area contributed by atoms with Crippen molar-refractivity contribution >= 4 is 11.8 Å². The van der Waals surface area contributed by atoms with Crippen LogP contribution in [0.4, 0.5) is 0 Å². The van der Waals surface area contributed by atoms with Crippen LogP contribution in [0.2, 0.25) is 0 Å². The first-order chi connectivity index (χ1) is 8.88. The summed E-state index contributed by atoms with van der Waals surface area (Å²) in [6.45, 7) is 2.19. The van der Waals surface area contributed by atoms with Crippen LogP contribution in [0.1, 0.15) is 19.8 Å². The molecule has 0 aliphatic rings. The number of thioether (sulfide) groups is 1. The van der Waals surface area contributed by atoms with Gasteiger partial charge in [-0.15, -0.1) is 0 Å². The Bertz CT molecular complexity index is 400. The molecule has 0 saturated heterocycles. The average Bonchev–Trinajstić information content (AvgIpc) is 2.41. The van der Waals surface area contributed by atoms with Crippen molar-refractivity contribution in [2.75, 3.05) is 0 Å². The van der Waals surface area contributed by atoms with Gasteiger partial charge in [0.15, 0.2) is 0 Å². The van der Waals surface area contributed by atoms with Crippen LogP contribution >= 0.6 is 11.8 Å². The van der Waals surface area contributed by atoms with Crippen LogP contribution in [0.5, 0.6) is 5.75 Å². The zero-order chi connectivity index (χ0) is 12.6. The standard InChI is InChI=1S/C16H18OS/c1-2-9-16(17-14-10-5-3-6-11-14)18-15-12-7-4-8-13-15/h3-8,10-13,16H,2,9H2,1H3. The molecule has 0 aromatic heterocycles. The van der Waals surface area contributed by atoms with Crippen molar-refractivity contribution in [1.82, 2.24) is 0 Å². The monoisotopic (exact) mass is 258 g/mol. The van der Waals surface area contributed by atoms with Crippen molar-refractivity contribution in [2.24, 2.45) is 0 Å². The summed E-state index contributed by atoms with van der Waals surface area (Å²) in [5, 5.41) is 0. The van der Waals surface area contributed by atoms with E-state index in [1.807, 2.05) is 36.4 Å². The van der Waals surface area contributed by atoms with Gasteiger partial charge in [-0.25, -0.2) is 0 Å². The van der Waals surface area contributed by atoms with E-state index < -0.39 is 0 Å². The second-order valence-electron chi connectivity index (χ2n) is 4.08. The summed E-state index contributed by atoms with van der Waals surface area (Å²) >= 11 is 1.79. The molecule has 0 aliphatic carbocycles. The molecule has 2 aromatic rings. The van der Waals surface area contributed by atoms with E-state index in [1.165, 1.54) is 4.90 Å². The Balaban J connectivity index is 2.00. The number of hydrogen-bond acceptors (Lipinski definition) is 2. The fourth-order valence-electron chi connectivity index (χ4n) is 1.68. The Hall–Kier alpha value is -1.41. The maximum Gasteiger partial charge on any atom is 0.148 e. The number of para-hydroxylation sites is 1. The summed E-state index contributed by atoms with van der Waals surface area (Å²) in [7, 11) is 0. The topological polar surface area (TPSA) is 9.23 Å². The highest BCUT2D eigenvalue weighted by Gasteiger charge is 2.11. The Kier molecular flexibility index (Phi) is 5.15. The third-order valence-corrected chi connectivity index (χ3v) is 3.68. The van der Waals surface area contributed by atoms with Crippen molar-refractivity contribution in [3.05, 3.63) is 60.7 Å². The fraction of sp³-hybridized carbons (Fsp3) is 0.250. The van der Waals surface area contributed by atoms with Crippen LogP contribution in [0.25, 0.3) is 0 Å². The van der Waals surface area contributed by atoms with Gasteiger partial charge in [0, 0.05) is 4.90 Å². The van der Waals surface area contributed by atoms with E-state index in [-0.39, 0.29) is 5.44 Å². The SMILES string of the molecule is CCCC(Oc1ccccc1)Sc1ccccc1. The lowest BCUT2D eigenvalue weighted by atomic mass is 10.3. The summed E-state index contributed by atoms with van der Waals surface area (Å²) in [6.07, 6.45) is 2.17. The van der Waals surface area contributed by atoms with Crippen molar-refractivity contribution in [3.8, 4) is 5.75 Å². The van der Waals surface area contributed by atoms with Crippen molar-refractivity contribution in [1.29, 1.82) is 0 Å². The lowest BCUT2D eigenvalue weighted by Gasteiger charge is -2.18. The first-order valence-corrected chi connectivity index (χ1v) is 7.20. The second-order valence-corrected chi connectivity index (χ2v) is 5.31. The number of ether oxygens (including phenoxy) is 1. The molecule has 0 aliphatic heterocycles. The number of hydrogen-bond donors (Lipinski definition) is 0. The van der Waals surface area contributed by atoms with Gasteiger partial charge in [-0.3, -0.25) is 0 Å². The minimum atomic E-state index is 0.180. The van der Waals surface area contributed by atoms with Gasteiger partial charge in [-0.1, -0.05) is 61.5 Å². The third-order valence-electron chi connectivity index (χ3n) is 2.55. The zero-order valence-corrected chi connectivity index (χ0v) is 11.4. The van der Waals surface area contributed by atoms with Crippen LogP contribution in [-0.4, -0.2) is 5.44 Å². The fourth-order valence-corrected chi connectivity index (χ4v) is 2.81. The summed E-state index contributed by atoms with van der Waals surface area (Å²) < 4.78 is 6.02. The lowest BCUT2D eigenvalue weighted by molar-refractivity contribution is 0.276. The molecule has 2 rings (SSSR count). The van der Waals surface area contributed by atoms with Gasteiger partial charge in [-0.2, -0.15) is 0 Å². The van der Waals surface area contributed by atoms with Crippen LogP contribution in [0.3, 0.4) is 0 Å². The lowest BCUT2D eigenvalue weighted by Crippen LogP contribution is -2.11. The van der Waals surface area contributed by atoms with E-state index in [0.29, 0.717) is 0 Å². The smallest absolute Gasteiger partial charge is 0.148 e. The first-order valence-electron chi connectivity index (χ1n) is 6.32. The van der Waals surface area contributed by atoms with E-state index >= 15 is 0 Å². The molecular weight excluding hydrogens is 240 g/mol.